The summed E-state index contributed by atoms with van der Waals surface area (Å²) in [6, 6.07) is 24.5. The number of benzene rings is 3. The maximum atomic E-state index is 12.9. The second kappa shape index (κ2) is 10.5. The standard InChI is InChI=1S/C25H27N3O4S/c29-25(28-17-15-27(16-18-28)19-20-32-23-7-3-1-4-8-23)21-11-13-22(14-12-21)26-33(30,31)24-9-5-2-6-10-24/h1-14,26H,15-20H2. The maximum Gasteiger partial charge on any atom is 0.261 e. The zero-order valence-electron chi connectivity index (χ0n) is 18.3. The first-order valence-corrected chi connectivity index (χ1v) is 12.4. The normalized spacial score (nSPS) is 14.6. The first-order valence-electron chi connectivity index (χ1n) is 10.9. The van der Waals surface area contributed by atoms with Crippen molar-refractivity contribution in [3.05, 3.63) is 90.5 Å². The van der Waals surface area contributed by atoms with E-state index in [1.807, 2.05) is 35.2 Å². The number of carbonyl (C=O) groups excluding carboxylic acids is 1. The van der Waals surface area contributed by atoms with Gasteiger partial charge in [-0.25, -0.2) is 8.42 Å². The van der Waals surface area contributed by atoms with Gasteiger partial charge in [0.05, 0.1) is 4.90 Å². The van der Waals surface area contributed by atoms with Crippen molar-refractivity contribution < 1.29 is 17.9 Å². The highest BCUT2D eigenvalue weighted by Gasteiger charge is 2.22. The van der Waals surface area contributed by atoms with E-state index in [9.17, 15) is 13.2 Å². The molecule has 172 valence electrons. The minimum atomic E-state index is -3.66. The number of nitrogens with one attached hydrogen (secondary N) is 1. The predicted molar refractivity (Wildman–Crippen MR) is 128 cm³/mol. The molecule has 1 aliphatic heterocycles. The summed E-state index contributed by atoms with van der Waals surface area (Å²) in [5.74, 6) is 0.813. The minimum absolute atomic E-state index is 0.0485. The van der Waals surface area contributed by atoms with Gasteiger partial charge in [-0.05, 0) is 48.5 Å². The molecule has 1 amide bonds. The Morgan fingerprint density at radius 2 is 1.42 bits per heavy atom. The van der Waals surface area contributed by atoms with Gasteiger partial charge in [-0.15, -0.1) is 0 Å². The number of sulfonamides is 1. The monoisotopic (exact) mass is 465 g/mol. The molecule has 8 heteroatoms. The van der Waals surface area contributed by atoms with Gasteiger partial charge in [0.25, 0.3) is 15.9 Å². The Bertz CT molecular complexity index is 1150. The third kappa shape index (κ3) is 6.12. The highest BCUT2D eigenvalue weighted by atomic mass is 32.2. The van der Waals surface area contributed by atoms with E-state index >= 15 is 0 Å². The van der Waals surface area contributed by atoms with Gasteiger partial charge >= 0.3 is 0 Å². The molecule has 0 bridgehead atoms. The molecule has 0 unspecified atom stereocenters. The molecule has 1 saturated heterocycles. The number of amides is 1. The Hall–Kier alpha value is -3.36. The quantitative estimate of drug-likeness (QED) is 0.552. The van der Waals surface area contributed by atoms with Gasteiger partial charge in [0.2, 0.25) is 0 Å². The number of hydrogen-bond acceptors (Lipinski definition) is 5. The van der Waals surface area contributed by atoms with Gasteiger partial charge in [0.1, 0.15) is 12.4 Å². The molecule has 1 N–H and O–H groups in total. The molecule has 1 heterocycles. The molecule has 0 aliphatic carbocycles. The minimum Gasteiger partial charge on any atom is -0.492 e. The van der Waals surface area contributed by atoms with Crippen LogP contribution in [0.3, 0.4) is 0 Å². The fraction of sp³-hybridized carbons (Fsp3) is 0.240. The second-order valence-corrected chi connectivity index (χ2v) is 9.47. The lowest BCUT2D eigenvalue weighted by Crippen LogP contribution is -2.49. The van der Waals surface area contributed by atoms with Crippen molar-refractivity contribution in [2.24, 2.45) is 0 Å². The van der Waals surface area contributed by atoms with Crippen LogP contribution >= 0.6 is 0 Å². The van der Waals surface area contributed by atoms with Gasteiger partial charge < -0.3 is 9.64 Å². The van der Waals surface area contributed by atoms with E-state index in [2.05, 4.69) is 9.62 Å². The number of nitrogens with zero attached hydrogens (tertiary/aromatic N) is 2. The Balaban J connectivity index is 1.26. The van der Waals surface area contributed by atoms with E-state index in [1.54, 1.807) is 42.5 Å². The molecule has 0 aromatic heterocycles. The van der Waals surface area contributed by atoms with Gasteiger partial charge in [-0.1, -0.05) is 36.4 Å². The van der Waals surface area contributed by atoms with Crippen LogP contribution in [0.2, 0.25) is 0 Å². The van der Waals surface area contributed by atoms with E-state index in [-0.39, 0.29) is 10.8 Å². The summed E-state index contributed by atoms with van der Waals surface area (Å²) in [5.41, 5.74) is 0.956. The van der Waals surface area contributed by atoms with Crippen molar-refractivity contribution >= 4 is 21.6 Å². The van der Waals surface area contributed by atoms with Crippen LogP contribution in [0, 0.1) is 0 Å². The number of anilines is 1. The second-order valence-electron chi connectivity index (χ2n) is 7.79. The van der Waals surface area contributed by atoms with Crippen LogP contribution in [-0.2, 0) is 10.0 Å². The number of rotatable bonds is 8. The Morgan fingerprint density at radius 3 is 2.06 bits per heavy atom. The van der Waals surface area contributed by atoms with E-state index < -0.39 is 10.0 Å². The van der Waals surface area contributed by atoms with Gasteiger partial charge in [0.15, 0.2) is 0 Å². The maximum absolute atomic E-state index is 12.9. The molecule has 3 aromatic rings. The van der Waals surface area contributed by atoms with Crippen LogP contribution in [0.4, 0.5) is 5.69 Å². The lowest BCUT2D eigenvalue weighted by Gasteiger charge is -2.34. The number of para-hydroxylation sites is 1. The average molecular weight is 466 g/mol. The number of hydrogen-bond donors (Lipinski definition) is 1. The summed E-state index contributed by atoms with van der Waals surface area (Å²) in [4.78, 5) is 17.2. The molecule has 33 heavy (non-hydrogen) atoms. The van der Waals surface area contributed by atoms with Crippen molar-refractivity contribution in [3.8, 4) is 5.75 Å². The van der Waals surface area contributed by atoms with Crippen LogP contribution in [0.25, 0.3) is 0 Å². The Morgan fingerprint density at radius 1 is 0.818 bits per heavy atom. The summed E-state index contributed by atoms with van der Waals surface area (Å²) in [6.45, 7) is 4.29. The van der Waals surface area contributed by atoms with Crippen molar-refractivity contribution in [3.63, 3.8) is 0 Å². The molecule has 0 saturated carbocycles. The van der Waals surface area contributed by atoms with Crippen LogP contribution in [-0.4, -0.2) is 63.5 Å². The van der Waals surface area contributed by atoms with Crippen molar-refractivity contribution in [1.29, 1.82) is 0 Å². The molecular weight excluding hydrogens is 438 g/mol. The number of carbonyl (C=O) groups is 1. The third-order valence-electron chi connectivity index (χ3n) is 5.52. The smallest absolute Gasteiger partial charge is 0.261 e. The molecule has 4 rings (SSSR count). The van der Waals surface area contributed by atoms with E-state index in [1.165, 1.54) is 12.1 Å². The van der Waals surface area contributed by atoms with Crippen LogP contribution in [0.15, 0.2) is 89.8 Å². The fourth-order valence-corrected chi connectivity index (χ4v) is 4.74. The molecule has 0 spiro atoms. The molecule has 0 atom stereocenters. The Labute approximate surface area is 194 Å². The summed E-state index contributed by atoms with van der Waals surface area (Å²) in [5, 5.41) is 0. The molecule has 3 aromatic carbocycles. The zero-order chi connectivity index (χ0) is 23.1. The summed E-state index contributed by atoms with van der Waals surface area (Å²) in [6.07, 6.45) is 0. The van der Waals surface area contributed by atoms with Crippen molar-refractivity contribution in [2.75, 3.05) is 44.1 Å². The third-order valence-corrected chi connectivity index (χ3v) is 6.91. The van der Waals surface area contributed by atoms with Gasteiger partial charge in [-0.3, -0.25) is 14.4 Å². The van der Waals surface area contributed by atoms with Gasteiger partial charge in [-0.2, -0.15) is 0 Å². The Kier molecular flexibility index (Phi) is 7.26. The first kappa shape index (κ1) is 22.8. The van der Waals surface area contributed by atoms with Gasteiger partial charge in [0, 0.05) is 44.0 Å². The highest BCUT2D eigenvalue weighted by molar-refractivity contribution is 7.92. The SMILES string of the molecule is O=C(c1ccc(NS(=O)(=O)c2ccccc2)cc1)N1CCN(CCOc2ccccc2)CC1. The largest absolute Gasteiger partial charge is 0.492 e. The van der Waals surface area contributed by atoms with Crippen LogP contribution in [0.5, 0.6) is 5.75 Å². The molecule has 1 aliphatic rings. The summed E-state index contributed by atoms with van der Waals surface area (Å²) in [7, 11) is -3.66. The zero-order valence-corrected chi connectivity index (χ0v) is 19.1. The number of ether oxygens (including phenoxy) is 1. The van der Waals surface area contributed by atoms with Crippen molar-refractivity contribution in [1.82, 2.24) is 9.80 Å². The summed E-state index contributed by atoms with van der Waals surface area (Å²) >= 11 is 0. The average Bonchev–Trinajstić information content (AvgIpc) is 2.85. The first-order chi connectivity index (χ1) is 16.0. The molecule has 7 nitrogen and oxygen atoms in total. The lowest BCUT2D eigenvalue weighted by atomic mass is 10.1. The molecular formula is C25H27N3O4S. The molecule has 0 radical (unpaired) electrons. The fourth-order valence-electron chi connectivity index (χ4n) is 3.66. The lowest BCUT2D eigenvalue weighted by molar-refractivity contribution is 0.0620. The summed E-state index contributed by atoms with van der Waals surface area (Å²) < 4.78 is 33.2. The molecule has 1 fully saturated rings. The van der Waals surface area contributed by atoms with E-state index in [0.717, 1.165) is 25.4 Å². The van der Waals surface area contributed by atoms with E-state index in [0.29, 0.717) is 30.9 Å². The van der Waals surface area contributed by atoms with E-state index in [4.69, 9.17) is 4.74 Å². The predicted octanol–water partition coefficient (Wildman–Crippen LogP) is 3.32. The van der Waals surface area contributed by atoms with Crippen molar-refractivity contribution in [2.45, 2.75) is 4.90 Å². The topological polar surface area (TPSA) is 79.0 Å². The highest BCUT2D eigenvalue weighted by Crippen LogP contribution is 2.18. The van der Waals surface area contributed by atoms with Crippen LogP contribution < -0.4 is 9.46 Å². The number of piperazine rings is 1. The van der Waals surface area contributed by atoms with Crippen LogP contribution in [0.1, 0.15) is 10.4 Å².